The van der Waals surface area contributed by atoms with Gasteiger partial charge in [-0.05, 0) is 56.7 Å². The van der Waals surface area contributed by atoms with Gasteiger partial charge in [-0.3, -0.25) is 0 Å². The maximum atomic E-state index is 11.1. The van der Waals surface area contributed by atoms with Crippen LogP contribution in [0.4, 0.5) is 4.79 Å². The molecule has 1 fully saturated rings. The number of aliphatic hydroxyl groups excluding tert-OH is 1. The second-order valence-electron chi connectivity index (χ2n) is 8.12. The first-order valence-corrected chi connectivity index (χ1v) is 11.2. The molecule has 5 nitrogen and oxygen atoms in total. The number of rotatable bonds is 6. The highest BCUT2D eigenvalue weighted by Gasteiger charge is 2.42. The van der Waals surface area contributed by atoms with E-state index in [9.17, 15) is 4.79 Å². The van der Waals surface area contributed by atoms with Gasteiger partial charge in [0.05, 0.1) is 0 Å². The summed E-state index contributed by atoms with van der Waals surface area (Å²) in [6.07, 6.45) is 3.95. The fourth-order valence-corrected chi connectivity index (χ4v) is 4.36. The van der Waals surface area contributed by atoms with E-state index in [1.807, 2.05) is 0 Å². The van der Waals surface area contributed by atoms with E-state index >= 15 is 0 Å². The highest BCUT2D eigenvalue weighted by molar-refractivity contribution is 6.74. The summed E-state index contributed by atoms with van der Waals surface area (Å²) in [7, 11) is -1.77. The van der Waals surface area contributed by atoms with Crippen LogP contribution in [0.3, 0.4) is 0 Å². The summed E-state index contributed by atoms with van der Waals surface area (Å²) in [6, 6.07) is 0. The summed E-state index contributed by atoms with van der Waals surface area (Å²) in [5.74, 6) is 0. The molecule has 22 heavy (non-hydrogen) atoms. The third-order valence-corrected chi connectivity index (χ3v) is 9.88. The molecule has 0 aromatic rings. The van der Waals surface area contributed by atoms with Crippen LogP contribution in [-0.4, -0.2) is 42.9 Å². The Morgan fingerprint density at radius 2 is 1.86 bits per heavy atom. The molecule has 0 radical (unpaired) electrons. The monoisotopic (exact) mass is 331 g/mol. The predicted molar refractivity (Wildman–Crippen MR) is 90.7 cm³/mol. The van der Waals surface area contributed by atoms with Gasteiger partial charge in [-0.1, -0.05) is 20.8 Å². The standard InChI is InChI=1S/C16H33NO4Si/c1-15(2,3)22(4,5)21-13-7-10-16(11-8-13,9-6-12-18)17-14(19)20/h13,17-18H,6-12H2,1-5H3,(H,19,20). The van der Waals surface area contributed by atoms with E-state index in [0.717, 1.165) is 25.7 Å². The molecule has 1 aliphatic carbocycles. The van der Waals surface area contributed by atoms with Crippen molar-refractivity contribution in [1.29, 1.82) is 0 Å². The van der Waals surface area contributed by atoms with Crippen molar-refractivity contribution in [3.05, 3.63) is 0 Å². The molecule has 6 heteroatoms. The van der Waals surface area contributed by atoms with Gasteiger partial charge in [0, 0.05) is 18.2 Å². The number of amides is 1. The number of hydrogen-bond acceptors (Lipinski definition) is 3. The largest absolute Gasteiger partial charge is 0.465 e. The van der Waals surface area contributed by atoms with Crippen molar-refractivity contribution < 1.29 is 19.4 Å². The number of hydrogen-bond donors (Lipinski definition) is 3. The van der Waals surface area contributed by atoms with Gasteiger partial charge >= 0.3 is 6.09 Å². The molecule has 0 heterocycles. The summed E-state index contributed by atoms with van der Waals surface area (Å²) >= 11 is 0. The molecule has 1 aliphatic rings. The molecular weight excluding hydrogens is 298 g/mol. The van der Waals surface area contributed by atoms with Crippen molar-refractivity contribution in [1.82, 2.24) is 5.32 Å². The summed E-state index contributed by atoms with van der Waals surface area (Å²) in [5, 5.41) is 21.0. The van der Waals surface area contributed by atoms with Gasteiger partial charge in [-0.15, -0.1) is 0 Å². The van der Waals surface area contributed by atoms with Crippen molar-refractivity contribution in [2.24, 2.45) is 0 Å². The van der Waals surface area contributed by atoms with E-state index in [-0.39, 0.29) is 23.3 Å². The SMILES string of the molecule is CC(C)(C)[Si](C)(C)OC1CCC(CCCO)(NC(=O)O)CC1. The van der Waals surface area contributed by atoms with E-state index < -0.39 is 14.4 Å². The fourth-order valence-electron chi connectivity index (χ4n) is 2.94. The lowest BCUT2D eigenvalue weighted by Crippen LogP contribution is -2.53. The minimum absolute atomic E-state index is 0.104. The zero-order chi connectivity index (χ0) is 17.0. The topological polar surface area (TPSA) is 78.8 Å². The van der Waals surface area contributed by atoms with Crippen LogP contribution in [0.5, 0.6) is 0 Å². The van der Waals surface area contributed by atoms with Crippen LogP contribution in [0.1, 0.15) is 59.3 Å². The maximum absolute atomic E-state index is 11.1. The van der Waals surface area contributed by atoms with Gasteiger partial charge in [-0.25, -0.2) is 4.79 Å². The van der Waals surface area contributed by atoms with Crippen LogP contribution >= 0.6 is 0 Å². The molecule has 0 aliphatic heterocycles. The predicted octanol–water partition coefficient (Wildman–Crippen LogP) is 3.73. The number of carboxylic acid groups (broad SMARTS) is 1. The van der Waals surface area contributed by atoms with E-state index in [4.69, 9.17) is 14.6 Å². The molecule has 0 bridgehead atoms. The molecule has 0 saturated heterocycles. The normalized spacial score (nSPS) is 26.7. The van der Waals surface area contributed by atoms with Crippen molar-refractivity contribution >= 4 is 14.4 Å². The zero-order valence-electron chi connectivity index (χ0n) is 14.7. The van der Waals surface area contributed by atoms with Crippen LogP contribution in [0, 0.1) is 0 Å². The minimum Gasteiger partial charge on any atom is -0.465 e. The summed E-state index contributed by atoms with van der Waals surface area (Å²) in [4.78, 5) is 11.1. The Morgan fingerprint density at radius 3 is 2.27 bits per heavy atom. The van der Waals surface area contributed by atoms with Gasteiger partial charge in [0.25, 0.3) is 0 Å². The van der Waals surface area contributed by atoms with Gasteiger partial charge in [-0.2, -0.15) is 0 Å². The molecular formula is C16H33NO4Si. The van der Waals surface area contributed by atoms with E-state index in [0.29, 0.717) is 12.8 Å². The Hall–Kier alpha value is -0.593. The first kappa shape index (κ1) is 19.5. The Morgan fingerprint density at radius 1 is 1.32 bits per heavy atom. The lowest BCUT2D eigenvalue weighted by Gasteiger charge is -2.44. The summed E-state index contributed by atoms with van der Waals surface area (Å²) < 4.78 is 6.46. The molecule has 130 valence electrons. The van der Waals surface area contributed by atoms with Crippen molar-refractivity contribution in [2.75, 3.05) is 6.61 Å². The fraction of sp³-hybridized carbons (Fsp3) is 0.938. The van der Waals surface area contributed by atoms with Crippen molar-refractivity contribution in [3.63, 3.8) is 0 Å². The van der Waals surface area contributed by atoms with Crippen LogP contribution in [0.2, 0.25) is 18.1 Å². The maximum Gasteiger partial charge on any atom is 0.405 e. The molecule has 0 aromatic carbocycles. The zero-order valence-corrected chi connectivity index (χ0v) is 15.7. The van der Waals surface area contributed by atoms with E-state index in [1.54, 1.807) is 0 Å². The summed E-state index contributed by atoms with van der Waals surface area (Å²) in [6.45, 7) is 11.3. The van der Waals surface area contributed by atoms with Gasteiger partial charge in [0.2, 0.25) is 0 Å². The molecule has 0 spiro atoms. The smallest absolute Gasteiger partial charge is 0.405 e. The second-order valence-corrected chi connectivity index (χ2v) is 12.9. The van der Waals surface area contributed by atoms with Crippen LogP contribution in [0.25, 0.3) is 0 Å². The Bertz CT molecular complexity index is 371. The van der Waals surface area contributed by atoms with Crippen LogP contribution < -0.4 is 5.32 Å². The average molecular weight is 332 g/mol. The number of aliphatic hydroxyl groups is 1. The quantitative estimate of drug-likeness (QED) is 0.648. The third-order valence-electron chi connectivity index (χ3n) is 5.34. The average Bonchev–Trinajstić information content (AvgIpc) is 2.37. The third kappa shape index (κ3) is 5.24. The Labute approximate surface area is 135 Å². The van der Waals surface area contributed by atoms with Gasteiger partial charge < -0.3 is 20.0 Å². The highest BCUT2D eigenvalue weighted by Crippen LogP contribution is 2.41. The van der Waals surface area contributed by atoms with Gasteiger partial charge in [0.1, 0.15) is 0 Å². The van der Waals surface area contributed by atoms with E-state index in [1.165, 1.54) is 0 Å². The Kier molecular flexibility index (Phi) is 6.47. The molecule has 0 atom stereocenters. The Balaban J connectivity index is 2.64. The summed E-state index contributed by atoms with van der Waals surface area (Å²) in [5.41, 5.74) is -0.387. The minimum atomic E-state index is -1.77. The highest BCUT2D eigenvalue weighted by atomic mass is 28.4. The molecule has 1 amide bonds. The first-order chi connectivity index (χ1) is 10.0. The molecule has 3 N–H and O–H groups in total. The van der Waals surface area contributed by atoms with Crippen molar-refractivity contribution in [2.45, 2.75) is 89.1 Å². The lowest BCUT2D eigenvalue weighted by molar-refractivity contribution is 0.0805. The lowest BCUT2D eigenvalue weighted by atomic mass is 9.77. The molecule has 1 rings (SSSR count). The van der Waals surface area contributed by atoms with Gasteiger partial charge in [0.15, 0.2) is 8.32 Å². The molecule has 1 saturated carbocycles. The second kappa shape index (κ2) is 7.32. The molecule has 0 unspecified atom stereocenters. The van der Waals surface area contributed by atoms with E-state index in [2.05, 4.69) is 39.2 Å². The first-order valence-electron chi connectivity index (χ1n) is 8.31. The molecule has 0 aromatic heterocycles. The van der Waals surface area contributed by atoms with Crippen LogP contribution in [0.15, 0.2) is 0 Å². The van der Waals surface area contributed by atoms with Crippen LogP contribution in [-0.2, 0) is 4.43 Å². The van der Waals surface area contributed by atoms with Crippen molar-refractivity contribution in [3.8, 4) is 0 Å². The number of carbonyl (C=O) groups is 1. The number of nitrogens with one attached hydrogen (secondary N) is 1.